The number of hydrogen-bond donors (Lipinski definition) is 8. The number of carbonyl (C=O) groups excluding carboxylic acids is 6. The number of aliphatic carboxylic acids is 2. The smallest absolute Gasteiger partial charge is 0.408 e. The molecule has 6 saturated carbocycles. The van der Waals surface area contributed by atoms with Crippen LogP contribution in [0.2, 0.25) is 10.0 Å². The fourth-order valence-corrected chi connectivity index (χ4v) is 18.6. The van der Waals surface area contributed by atoms with E-state index >= 15 is 0 Å². The van der Waals surface area contributed by atoms with Crippen molar-refractivity contribution in [1.82, 2.24) is 51.0 Å². The molecular weight excluding hydrogens is 1520 g/mol. The highest BCUT2D eigenvalue weighted by Gasteiger charge is 2.63. The van der Waals surface area contributed by atoms with Crippen LogP contribution in [0.1, 0.15) is 147 Å². The number of rotatable bonds is 26. The number of nitrogens with one attached hydrogen (secondary N) is 6. The molecule has 16 atom stereocenters. The van der Waals surface area contributed by atoms with Crippen LogP contribution in [-0.4, -0.2) is 187 Å². The molecule has 8 N–H and O–H groups in total. The number of benzene rings is 2. The van der Waals surface area contributed by atoms with Crippen LogP contribution in [0.3, 0.4) is 0 Å². The van der Waals surface area contributed by atoms with Gasteiger partial charge in [-0.1, -0.05) is 84.2 Å². The fraction of sp³-hybridized carbons (Fsp3) is 0.575. The van der Waals surface area contributed by atoms with Crippen LogP contribution in [0.5, 0.6) is 23.0 Å². The molecule has 4 aromatic heterocycles. The molecule has 0 spiro atoms. The predicted molar refractivity (Wildman–Crippen MR) is 424 cm³/mol. The van der Waals surface area contributed by atoms with Crippen molar-refractivity contribution in [2.24, 2.45) is 46.3 Å². The van der Waals surface area contributed by atoms with Gasteiger partial charge in [-0.15, -0.1) is 29.3 Å². The molecule has 602 valence electrons. The van der Waals surface area contributed by atoms with Gasteiger partial charge in [-0.3, -0.25) is 19.2 Å². The highest BCUT2D eigenvalue weighted by atomic mass is 35.5. The number of carbonyl (C=O) groups is 8. The molecule has 6 aliphatic carbocycles. The van der Waals surface area contributed by atoms with Crippen molar-refractivity contribution in [3.05, 3.63) is 69.9 Å². The van der Waals surface area contributed by atoms with Gasteiger partial charge in [0.05, 0.1) is 49.7 Å². The van der Waals surface area contributed by atoms with Gasteiger partial charge in [-0.25, -0.2) is 39.1 Å². The number of halogens is 2. The van der Waals surface area contributed by atoms with E-state index in [9.17, 15) is 48.6 Å². The Morgan fingerprint density at radius 1 is 0.571 bits per heavy atom. The summed E-state index contributed by atoms with van der Waals surface area (Å²) < 4.78 is 35.9. The third-order valence-electron chi connectivity index (χ3n) is 22.8. The standard InChI is InChI=1S/C40H51ClN6O8S.C40H49ClN6O8S/c2*1-8-22-16-40(22,36(50)51)46-34(48)28-14-24(17-47(28)35(49)33(39(4,5)6)45-38(52)55-23-12-20-11-21(20)13-23)54-30-15-26(27-18-56-37(44-27)42-19(2)3)43-32-25(30)9-10-29(53-7)31(32)41/h9-10,15,18-24,28,33H,8,11-14,16-17H2,1-7H3,(H,42,44)(H,45,52)(H,46,48)(H,50,51);8-10,15,18-24,28,33H,1,11-14,16-17H2,2-7H3,(H,42,44)(H,45,52)(H,46,48)(H,50,51)/t2*20-,21+,22-,23?,24-,28+,33-,40-/m11/s1. The van der Waals surface area contributed by atoms with Crippen LogP contribution in [0.4, 0.5) is 19.9 Å². The third-order valence-corrected chi connectivity index (χ3v) is 25.1. The molecule has 6 heterocycles. The van der Waals surface area contributed by atoms with E-state index in [0.717, 1.165) is 30.8 Å². The van der Waals surface area contributed by atoms with Gasteiger partial charge in [0.1, 0.15) is 104 Å². The fourth-order valence-electron chi connectivity index (χ4n) is 16.4. The Kier molecular flexibility index (Phi) is 23.0. The van der Waals surface area contributed by atoms with Gasteiger partial charge in [0, 0.05) is 64.5 Å². The Bertz CT molecular complexity index is 4660. The van der Waals surface area contributed by atoms with Crippen molar-refractivity contribution in [1.29, 1.82) is 0 Å². The minimum atomic E-state index is -1.53. The maximum Gasteiger partial charge on any atom is 0.408 e. The minimum absolute atomic E-state index is 0.0221. The van der Waals surface area contributed by atoms with Gasteiger partial charge in [-0.2, -0.15) is 0 Å². The topological polar surface area (TPSA) is 363 Å². The molecule has 2 aromatic carbocycles. The number of alkyl carbamates (subject to hydrolysis) is 2. The normalized spacial score (nSPS) is 27.0. The van der Waals surface area contributed by atoms with Crippen molar-refractivity contribution >= 4 is 126 Å². The lowest BCUT2D eigenvalue weighted by Gasteiger charge is -2.35. The van der Waals surface area contributed by atoms with Crippen LogP contribution in [0.25, 0.3) is 44.6 Å². The Hall–Kier alpha value is -9.00. The number of thiazole rings is 2. The number of amides is 6. The van der Waals surface area contributed by atoms with Crippen LogP contribution in [-0.2, 0) is 38.2 Å². The summed E-state index contributed by atoms with van der Waals surface area (Å²) in [7, 11) is 3.03. The highest BCUT2D eigenvalue weighted by Crippen LogP contribution is 2.54. The number of fused-ring (bicyclic) bond motifs is 4. The van der Waals surface area contributed by atoms with E-state index < -0.39 is 112 Å². The summed E-state index contributed by atoms with van der Waals surface area (Å²) in [5, 5.41) is 44.9. The van der Waals surface area contributed by atoms with E-state index in [2.05, 4.69) is 38.5 Å². The number of ether oxygens (including phenoxy) is 6. The van der Waals surface area contributed by atoms with Gasteiger partial charge < -0.3 is 80.3 Å². The number of carboxylic acids is 2. The number of methoxy groups -OCH3 is 2. The van der Waals surface area contributed by atoms with Crippen LogP contribution >= 0.6 is 45.9 Å². The first-order valence-corrected chi connectivity index (χ1v) is 40.9. The minimum Gasteiger partial charge on any atom is -0.495 e. The molecular formula is C80H100Cl2N12O16S2. The number of hydrogen-bond acceptors (Lipinski definition) is 22. The van der Waals surface area contributed by atoms with Crippen molar-refractivity contribution in [2.75, 3.05) is 37.9 Å². The van der Waals surface area contributed by atoms with Gasteiger partial charge in [0.2, 0.25) is 23.6 Å². The second-order valence-corrected chi connectivity index (χ2v) is 36.4. The summed E-state index contributed by atoms with van der Waals surface area (Å²) in [4.78, 5) is 131. The van der Waals surface area contributed by atoms with Crippen molar-refractivity contribution in [2.45, 2.75) is 219 Å². The maximum atomic E-state index is 14.7. The van der Waals surface area contributed by atoms with Crippen molar-refractivity contribution in [3.63, 3.8) is 0 Å². The van der Waals surface area contributed by atoms with E-state index in [1.807, 2.05) is 86.9 Å². The lowest BCUT2D eigenvalue weighted by Crippen LogP contribution is -2.59. The number of carboxylic acid groups (broad SMARTS) is 2. The van der Waals surface area contributed by atoms with E-state index in [-0.39, 0.29) is 72.6 Å². The van der Waals surface area contributed by atoms with Crippen LogP contribution in [0, 0.1) is 46.3 Å². The van der Waals surface area contributed by atoms with E-state index in [4.69, 9.17) is 71.6 Å². The predicted octanol–water partition coefficient (Wildman–Crippen LogP) is 12.8. The maximum absolute atomic E-state index is 14.7. The van der Waals surface area contributed by atoms with Crippen molar-refractivity contribution < 1.29 is 77.0 Å². The summed E-state index contributed by atoms with van der Waals surface area (Å²) in [6.07, 6.45) is 5.06. The molecule has 8 aliphatic rings. The lowest BCUT2D eigenvalue weighted by molar-refractivity contribution is -0.146. The molecule has 0 radical (unpaired) electrons. The molecule has 2 unspecified atom stereocenters. The van der Waals surface area contributed by atoms with E-state index in [0.29, 0.717) is 109 Å². The Morgan fingerprint density at radius 2 is 0.973 bits per heavy atom. The largest absolute Gasteiger partial charge is 0.495 e. The van der Waals surface area contributed by atoms with Crippen LogP contribution < -0.4 is 50.8 Å². The van der Waals surface area contributed by atoms with E-state index in [1.165, 1.54) is 65.6 Å². The molecule has 112 heavy (non-hydrogen) atoms. The van der Waals surface area contributed by atoms with Gasteiger partial charge in [0.25, 0.3) is 0 Å². The highest BCUT2D eigenvalue weighted by molar-refractivity contribution is 7.14. The van der Waals surface area contributed by atoms with Gasteiger partial charge in [0.15, 0.2) is 10.3 Å². The molecule has 32 heteroatoms. The molecule has 2 saturated heterocycles. The monoisotopic (exact) mass is 1620 g/mol. The number of nitrogens with zero attached hydrogens (tertiary/aromatic N) is 6. The first kappa shape index (κ1) is 81.0. The Balaban J connectivity index is 0.000000196. The van der Waals surface area contributed by atoms with Crippen molar-refractivity contribution in [3.8, 4) is 45.8 Å². The molecule has 14 rings (SSSR count). The number of pyridine rings is 2. The third kappa shape index (κ3) is 17.1. The number of likely N-dealkylation sites (tertiary alicyclic amines) is 2. The summed E-state index contributed by atoms with van der Waals surface area (Å²) in [6, 6.07) is 6.48. The van der Waals surface area contributed by atoms with Gasteiger partial charge >= 0.3 is 24.1 Å². The number of aromatic nitrogens is 4. The molecule has 6 amide bonds. The average molecular weight is 1620 g/mol. The molecule has 2 aliphatic heterocycles. The summed E-state index contributed by atoms with van der Waals surface area (Å²) in [6.45, 7) is 24.6. The summed E-state index contributed by atoms with van der Waals surface area (Å²) in [5.41, 5.74) is -1.50. The van der Waals surface area contributed by atoms with Crippen LogP contribution in [0.15, 0.2) is 59.8 Å². The lowest BCUT2D eigenvalue weighted by atomic mass is 9.85. The zero-order chi connectivity index (χ0) is 80.5. The Morgan fingerprint density at radius 3 is 1.31 bits per heavy atom. The SMILES string of the molecule is C=C[C@@H]1C[C@]1(NC(=O)[C@@H]1C[C@@H](Oc2cc(-c3csc(NC(C)C)n3)nc3c(Cl)c(OC)ccc23)CN1C(=O)[C@@H](NC(=O)OC1C[C@@H]2C[C@@H]2C1)C(C)(C)C)C(=O)O.CC[C@@H]1C[C@]1(NC(=O)[C@@H]1C[C@@H](Oc2cc(-c3csc(NC(C)C)n3)nc3c(Cl)c(OC)ccc23)CN1C(=O)[C@@H](NC(=O)OC1C[C@@H]2C[C@@H]2C1)C(C)(C)C)C(=O)O. The first-order valence-electron chi connectivity index (χ1n) is 38.4. The molecule has 6 aromatic rings. The summed E-state index contributed by atoms with van der Waals surface area (Å²) >= 11 is 16.5. The summed E-state index contributed by atoms with van der Waals surface area (Å²) in [5.74, 6) is -1.20. The molecule has 0 bridgehead atoms. The zero-order valence-corrected chi connectivity index (χ0v) is 68.3. The van der Waals surface area contributed by atoms with E-state index in [1.54, 1.807) is 36.4 Å². The second-order valence-electron chi connectivity index (χ2n) is 33.9. The van der Waals surface area contributed by atoms with Gasteiger partial charge in [-0.05, 0) is 144 Å². The quantitative estimate of drug-likeness (QED) is 0.0234. The second kappa shape index (κ2) is 31.8. The first-order chi connectivity index (χ1) is 53.0. The molecule has 8 fully saturated rings. The Labute approximate surface area is 668 Å². The zero-order valence-electron chi connectivity index (χ0n) is 65.2. The number of anilines is 2. The molecule has 28 nitrogen and oxygen atoms in total. The average Bonchev–Trinajstić information content (AvgIpc) is 1.60.